The Morgan fingerprint density at radius 1 is 1.06 bits per heavy atom. The van der Waals surface area contributed by atoms with E-state index >= 15 is 0 Å². The predicted octanol–water partition coefficient (Wildman–Crippen LogP) is 3.06. The summed E-state index contributed by atoms with van der Waals surface area (Å²) in [6.45, 7) is 0. The van der Waals surface area contributed by atoms with Gasteiger partial charge in [0.25, 0.3) is 0 Å². The predicted molar refractivity (Wildman–Crippen MR) is 63.9 cm³/mol. The Kier molecular flexibility index (Phi) is 2.22. The summed E-state index contributed by atoms with van der Waals surface area (Å²) in [5.74, 6) is 0.131. The zero-order chi connectivity index (χ0) is 11.7. The van der Waals surface area contributed by atoms with Crippen molar-refractivity contribution in [2.24, 2.45) is 0 Å². The number of furan rings is 1. The summed E-state index contributed by atoms with van der Waals surface area (Å²) in [7, 11) is 0. The van der Waals surface area contributed by atoms with Crippen molar-refractivity contribution < 1.29 is 9.21 Å². The summed E-state index contributed by atoms with van der Waals surface area (Å²) in [5, 5.41) is 0.923. The third kappa shape index (κ3) is 1.72. The van der Waals surface area contributed by atoms with E-state index in [-0.39, 0.29) is 5.78 Å². The van der Waals surface area contributed by atoms with Crippen LogP contribution in [0.2, 0.25) is 0 Å². The number of carbonyl (C=O) groups excluding carboxylic acids is 1. The van der Waals surface area contributed by atoms with E-state index in [0.29, 0.717) is 17.0 Å². The highest BCUT2D eigenvalue weighted by molar-refractivity contribution is 6.07. The number of hydrogen-bond donors (Lipinski definition) is 0. The highest BCUT2D eigenvalue weighted by atomic mass is 16.3. The molecule has 3 aromatic rings. The summed E-state index contributed by atoms with van der Waals surface area (Å²) in [6.07, 6.45) is 1.59. The molecule has 3 rings (SSSR count). The maximum atomic E-state index is 12.1. The molecule has 3 nitrogen and oxygen atoms in total. The van der Waals surface area contributed by atoms with Gasteiger partial charge in [-0.25, -0.2) is 0 Å². The minimum atomic E-state index is -0.193. The lowest BCUT2D eigenvalue weighted by Gasteiger charge is -1.94. The molecule has 0 atom stereocenters. The molecule has 0 saturated heterocycles. The monoisotopic (exact) mass is 223 g/mol. The van der Waals surface area contributed by atoms with Gasteiger partial charge in [0.2, 0.25) is 5.78 Å². The minimum absolute atomic E-state index is 0.193. The molecule has 17 heavy (non-hydrogen) atoms. The number of carbonyl (C=O) groups is 1. The van der Waals surface area contributed by atoms with Crippen molar-refractivity contribution in [3.63, 3.8) is 0 Å². The average molecular weight is 223 g/mol. The van der Waals surface area contributed by atoms with Gasteiger partial charge in [-0.2, -0.15) is 0 Å². The molecule has 1 aromatic carbocycles. The SMILES string of the molecule is O=C(c1ccccn1)c1cc2ccccc2o1. The molecule has 0 aliphatic carbocycles. The third-order valence-corrected chi connectivity index (χ3v) is 2.55. The van der Waals surface area contributed by atoms with Crippen LogP contribution in [0.5, 0.6) is 0 Å². The van der Waals surface area contributed by atoms with E-state index in [1.807, 2.05) is 24.3 Å². The molecule has 0 aliphatic heterocycles. The van der Waals surface area contributed by atoms with Gasteiger partial charge in [0.15, 0.2) is 5.76 Å². The normalized spacial score (nSPS) is 10.6. The Hall–Kier alpha value is -2.42. The van der Waals surface area contributed by atoms with Crippen LogP contribution in [0.1, 0.15) is 16.2 Å². The van der Waals surface area contributed by atoms with Gasteiger partial charge in [-0.05, 0) is 24.3 Å². The van der Waals surface area contributed by atoms with Crippen LogP contribution in [0.15, 0.2) is 59.1 Å². The Morgan fingerprint density at radius 3 is 2.65 bits per heavy atom. The van der Waals surface area contributed by atoms with Crippen LogP contribution >= 0.6 is 0 Å². The number of benzene rings is 1. The van der Waals surface area contributed by atoms with Crippen molar-refractivity contribution in [1.82, 2.24) is 4.98 Å². The number of aromatic nitrogens is 1. The first-order valence-electron chi connectivity index (χ1n) is 5.29. The Balaban J connectivity index is 2.07. The van der Waals surface area contributed by atoms with Gasteiger partial charge in [0, 0.05) is 11.6 Å². The fourth-order valence-electron chi connectivity index (χ4n) is 1.72. The van der Waals surface area contributed by atoms with Crippen LogP contribution in [-0.2, 0) is 0 Å². The van der Waals surface area contributed by atoms with Crippen LogP contribution in [0.3, 0.4) is 0 Å². The molecular formula is C14H9NO2. The number of fused-ring (bicyclic) bond motifs is 1. The Morgan fingerprint density at radius 2 is 1.88 bits per heavy atom. The van der Waals surface area contributed by atoms with Crippen molar-refractivity contribution >= 4 is 16.8 Å². The third-order valence-electron chi connectivity index (χ3n) is 2.55. The standard InChI is InChI=1S/C14H9NO2/c16-14(11-6-3-4-8-15-11)13-9-10-5-1-2-7-12(10)17-13/h1-9H. The quantitative estimate of drug-likeness (QED) is 0.627. The molecule has 0 radical (unpaired) electrons. The molecule has 0 spiro atoms. The number of ketones is 1. The average Bonchev–Trinajstić information content (AvgIpc) is 2.82. The second-order valence-electron chi connectivity index (χ2n) is 3.69. The lowest BCUT2D eigenvalue weighted by atomic mass is 10.2. The van der Waals surface area contributed by atoms with Gasteiger partial charge < -0.3 is 4.42 Å². The first kappa shape index (κ1) is 9.78. The van der Waals surface area contributed by atoms with Crippen molar-refractivity contribution in [2.45, 2.75) is 0 Å². The summed E-state index contributed by atoms with van der Waals surface area (Å²) in [4.78, 5) is 16.1. The van der Waals surface area contributed by atoms with E-state index in [0.717, 1.165) is 5.39 Å². The van der Waals surface area contributed by atoms with E-state index < -0.39 is 0 Å². The molecule has 0 saturated carbocycles. The van der Waals surface area contributed by atoms with Gasteiger partial charge in [-0.3, -0.25) is 9.78 Å². The van der Waals surface area contributed by atoms with Crippen LogP contribution in [0, 0.1) is 0 Å². The lowest BCUT2D eigenvalue weighted by Crippen LogP contribution is -2.01. The molecule has 0 unspecified atom stereocenters. The van der Waals surface area contributed by atoms with Crippen LogP contribution in [-0.4, -0.2) is 10.8 Å². The summed E-state index contributed by atoms with van der Waals surface area (Å²) in [6, 6.07) is 14.5. The molecule has 0 amide bonds. The fourth-order valence-corrected chi connectivity index (χ4v) is 1.72. The van der Waals surface area contributed by atoms with Gasteiger partial charge in [-0.1, -0.05) is 24.3 Å². The minimum Gasteiger partial charge on any atom is -0.453 e. The topological polar surface area (TPSA) is 43.1 Å². The molecule has 0 bridgehead atoms. The van der Waals surface area contributed by atoms with Crippen LogP contribution < -0.4 is 0 Å². The molecule has 82 valence electrons. The summed E-state index contributed by atoms with van der Waals surface area (Å²) < 4.78 is 5.49. The van der Waals surface area contributed by atoms with Crippen molar-refractivity contribution in [3.8, 4) is 0 Å². The van der Waals surface area contributed by atoms with E-state index in [2.05, 4.69) is 4.98 Å². The largest absolute Gasteiger partial charge is 0.453 e. The maximum absolute atomic E-state index is 12.1. The molecular weight excluding hydrogens is 214 g/mol. The van der Waals surface area contributed by atoms with Crippen molar-refractivity contribution in [3.05, 3.63) is 66.2 Å². The Bertz CT molecular complexity index is 638. The zero-order valence-electron chi connectivity index (χ0n) is 8.96. The van der Waals surface area contributed by atoms with E-state index in [9.17, 15) is 4.79 Å². The highest BCUT2D eigenvalue weighted by Gasteiger charge is 2.14. The molecule has 0 fully saturated rings. The molecule has 3 heteroatoms. The van der Waals surface area contributed by atoms with Crippen molar-refractivity contribution in [1.29, 1.82) is 0 Å². The number of nitrogens with zero attached hydrogens (tertiary/aromatic N) is 1. The van der Waals surface area contributed by atoms with Gasteiger partial charge >= 0.3 is 0 Å². The second kappa shape index (κ2) is 3.87. The fraction of sp³-hybridized carbons (Fsp3) is 0. The first-order valence-corrected chi connectivity index (χ1v) is 5.29. The number of pyridine rings is 1. The van der Waals surface area contributed by atoms with Crippen molar-refractivity contribution in [2.75, 3.05) is 0 Å². The zero-order valence-corrected chi connectivity index (χ0v) is 8.96. The smallest absolute Gasteiger partial charge is 0.246 e. The Labute approximate surface area is 97.7 Å². The molecule has 0 aliphatic rings. The number of rotatable bonds is 2. The van der Waals surface area contributed by atoms with Gasteiger partial charge in [0.1, 0.15) is 11.3 Å². The summed E-state index contributed by atoms with van der Waals surface area (Å²) in [5.41, 5.74) is 1.11. The van der Waals surface area contributed by atoms with Gasteiger partial charge in [0.05, 0.1) is 0 Å². The van der Waals surface area contributed by atoms with Crippen LogP contribution in [0.25, 0.3) is 11.0 Å². The van der Waals surface area contributed by atoms with Gasteiger partial charge in [-0.15, -0.1) is 0 Å². The van der Waals surface area contributed by atoms with E-state index in [4.69, 9.17) is 4.42 Å². The highest BCUT2D eigenvalue weighted by Crippen LogP contribution is 2.20. The van der Waals surface area contributed by atoms with Crippen LogP contribution in [0.4, 0.5) is 0 Å². The second-order valence-corrected chi connectivity index (χ2v) is 3.69. The molecule has 0 N–H and O–H groups in total. The summed E-state index contributed by atoms with van der Waals surface area (Å²) >= 11 is 0. The first-order chi connectivity index (χ1) is 8.34. The van der Waals surface area contributed by atoms with E-state index in [1.165, 1.54) is 0 Å². The maximum Gasteiger partial charge on any atom is 0.246 e. The lowest BCUT2D eigenvalue weighted by molar-refractivity contribution is 0.101. The molecule has 2 heterocycles. The van der Waals surface area contributed by atoms with E-state index in [1.54, 1.807) is 30.5 Å². The number of para-hydroxylation sites is 1. The number of hydrogen-bond acceptors (Lipinski definition) is 3. The molecule has 2 aromatic heterocycles.